The number of fused-ring (bicyclic) bond motifs is 1. The van der Waals surface area contributed by atoms with E-state index in [9.17, 15) is 0 Å². The van der Waals surface area contributed by atoms with Gasteiger partial charge in [0.15, 0.2) is 0 Å². The smallest absolute Gasteiger partial charge is 0.224 e. The lowest BCUT2D eigenvalue weighted by Crippen LogP contribution is -2.13. The average Bonchev–Trinajstić information content (AvgIpc) is 2.67. The van der Waals surface area contributed by atoms with Gasteiger partial charge in [-0.25, -0.2) is 4.98 Å². The summed E-state index contributed by atoms with van der Waals surface area (Å²) in [5, 5.41) is 1.87. The molecular formula is C13H15Cl2N3. The Morgan fingerprint density at radius 1 is 1.22 bits per heavy atom. The summed E-state index contributed by atoms with van der Waals surface area (Å²) in [4.78, 5) is 8.28. The van der Waals surface area contributed by atoms with Gasteiger partial charge in [-0.15, -0.1) is 0 Å². The summed E-state index contributed by atoms with van der Waals surface area (Å²) in [5.74, 6) is 0.735. The zero-order valence-electron chi connectivity index (χ0n) is 10.1. The van der Waals surface area contributed by atoms with Crippen LogP contribution in [0.4, 0.5) is 0 Å². The molecule has 0 atom stereocenters. The fourth-order valence-corrected chi connectivity index (χ4v) is 3.17. The molecule has 1 aliphatic rings. The SMILES string of the molecule is Clc1ncc2c(Cl)cn(CC3CCCCC3)c2n1. The highest BCUT2D eigenvalue weighted by molar-refractivity contribution is 6.35. The second kappa shape index (κ2) is 5.06. The molecule has 2 aromatic rings. The van der Waals surface area contributed by atoms with Gasteiger partial charge in [0.2, 0.25) is 5.28 Å². The highest BCUT2D eigenvalue weighted by atomic mass is 35.5. The van der Waals surface area contributed by atoms with E-state index in [2.05, 4.69) is 14.5 Å². The molecular weight excluding hydrogens is 269 g/mol. The van der Waals surface area contributed by atoms with Crippen molar-refractivity contribution in [2.24, 2.45) is 5.92 Å². The van der Waals surface area contributed by atoms with Crippen LogP contribution in [0, 0.1) is 5.92 Å². The minimum atomic E-state index is 0.280. The van der Waals surface area contributed by atoms with Gasteiger partial charge in [0, 0.05) is 18.9 Å². The highest BCUT2D eigenvalue weighted by Gasteiger charge is 2.17. The predicted molar refractivity (Wildman–Crippen MR) is 74.1 cm³/mol. The summed E-state index contributed by atoms with van der Waals surface area (Å²) < 4.78 is 2.13. The van der Waals surface area contributed by atoms with Gasteiger partial charge in [-0.1, -0.05) is 30.9 Å². The molecule has 3 rings (SSSR count). The third kappa shape index (κ3) is 2.34. The summed E-state index contributed by atoms with van der Waals surface area (Å²) in [6.07, 6.45) is 10.3. The summed E-state index contributed by atoms with van der Waals surface area (Å²) in [7, 11) is 0. The van der Waals surface area contributed by atoms with Crippen LogP contribution in [0.2, 0.25) is 10.3 Å². The Hall–Kier alpha value is -0.800. The quantitative estimate of drug-likeness (QED) is 0.769. The van der Waals surface area contributed by atoms with Crippen LogP contribution in [0.25, 0.3) is 11.0 Å². The average molecular weight is 284 g/mol. The van der Waals surface area contributed by atoms with Crippen molar-refractivity contribution >= 4 is 34.2 Å². The normalized spacial score (nSPS) is 17.4. The highest BCUT2D eigenvalue weighted by Crippen LogP contribution is 2.29. The fraction of sp³-hybridized carbons (Fsp3) is 0.538. The molecule has 0 spiro atoms. The van der Waals surface area contributed by atoms with E-state index in [0.29, 0.717) is 5.02 Å². The molecule has 2 aromatic heterocycles. The maximum Gasteiger partial charge on any atom is 0.224 e. The molecule has 1 aliphatic carbocycles. The van der Waals surface area contributed by atoms with Gasteiger partial charge in [-0.05, 0) is 30.4 Å². The van der Waals surface area contributed by atoms with Crippen molar-refractivity contribution in [1.29, 1.82) is 0 Å². The van der Waals surface area contributed by atoms with E-state index in [1.54, 1.807) is 6.20 Å². The molecule has 0 unspecified atom stereocenters. The lowest BCUT2D eigenvalue weighted by Gasteiger charge is -2.22. The van der Waals surface area contributed by atoms with Crippen LogP contribution in [0.15, 0.2) is 12.4 Å². The first kappa shape index (κ1) is 12.2. The standard InChI is InChI=1S/C13H15Cl2N3/c14-11-8-18(7-9-4-2-1-3-5-9)12-10(11)6-16-13(15)17-12/h6,8-9H,1-5,7H2. The number of aromatic nitrogens is 3. The van der Waals surface area contributed by atoms with Gasteiger partial charge in [0.25, 0.3) is 0 Å². The van der Waals surface area contributed by atoms with Crippen molar-refractivity contribution in [3.8, 4) is 0 Å². The van der Waals surface area contributed by atoms with Crippen molar-refractivity contribution in [3.63, 3.8) is 0 Å². The van der Waals surface area contributed by atoms with Crippen molar-refractivity contribution < 1.29 is 0 Å². The van der Waals surface area contributed by atoms with Gasteiger partial charge in [0.05, 0.1) is 10.4 Å². The zero-order chi connectivity index (χ0) is 12.5. The summed E-state index contributed by atoms with van der Waals surface area (Å²) in [6, 6.07) is 0. The molecule has 0 bridgehead atoms. The first-order valence-electron chi connectivity index (χ1n) is 6.41. The fourth-order valence-electron chi connectivity index (χ4n) is 2.79. The van der Waals surface area contributed by atoms with Gasteiger partial charge in [0.1, 0.15) is 5.65 Å². The van der Waals surface area contributed by atoms with E-state index in [4.69, 9.17) is 23.2 Å². The number of hydrogen-bond acceptors (Lipinski definition) is 2. The second-order valence-electron chi connectivity index (χ2n) is 5.01. The lowest BCUT2D eigenvalue weighted by atomic mass is 9.89. The molecule has 0 amide bonds. The van der Waals surface area contributed by atoms with Gasteiger partial charge in [-0.2, -0.15) is 4.98 Å². The summed E-state index contributed by atoms with van der Waals surface area (Å²) >= 11 is 12.1. The second-order valence-corrected chi connectivity index (χ2v) is 5.76. The van der Waals surface area contributed by atoms with Gasteiger partial charge >= 0.3 is 0 Å². The Balaban J connectivity index is 1.93. The molecule has 0 radical (unpaired) electrons. The summed E-state index contributed by atoms with van der Waals surface area (Å²) in [6.45, 7) is 0.983. The third-order valence-corrected chi connectivity index (χ3v) is 4.20. The van der Waals surface area contributed by atoms with E-state index < -0.39 is 0 Å². The van der Waals surface area contributed by atoms with Crippen molar-refractivity contribution in [2.45, 2.75) is 38.6 Å². The van der Waals surface area contributed by atoms with E-state index in [1.807, 2.05) is 6.20 Å². The van der Waals surface area contributed by atoms with E-state index >= 15 is 0 Å². The Morgan fingerprint density at radius 2 is 2.00 bits per heavy atom. The van der Waals surface area contributed by atoms with E-state index in [0.717, 1.165) is 23.5 Å². The van der Waals surface area contributed by atoms with Crippen molar-refractivity contribution in [3.05, 3.63) is 22.7 Å². The van der Waals surface area contributed by atoms with Gasteiger partial charge in [-0.3, -0.25) is 0 Å². The molecule has 18 heavy (non-hydrogen) atoms. The van der Waals surface area contributed by atoms with Gasteiger partial charge < -0.3 is 4.57 Å². The third-order valence-electron chi connectivity index (χ3n) is 3.72. The topological polar surface area (TPSA) is 30.7 Å². The van der Waals surface area contributed by atoms with Crippen LogP contribution in [0.3, 0.4) is 0 Å². The van der Waals surface area contributed by atoms with Crippen LogP contribution in [0.1, 0.15) is 32.1 Å². The van der Waals surface area contributed by atoms with Crippen LogP contribution in [-0.2, 0) is 6.54 Å². The van der Waals surface area contributed by atoms with Crippen LogP contribution < -0.4 is 0 Å². The number of halogens is 2. The lowest BCUT2D eigenvalue weighted by molar-refractivity contribution is 0.322. The van der Waals surface area contributed by atoms with Crippen LogP contribution >= 0.6 is 23.2 Å². The van der Waals surface area contributed by atoms with Crippen molar-refractivity contribution in [2.75, 3.05) is 0 Å². The largest absolute Gasteiger partial charge is 0.331 e. The monoisotopic (exact) mass is 283 g/mol. The number of nitrogens with zero attached hydrogens (tertiary/aromatic N) is 3. The molecule has 1 fully saturated rings. The molecule has 0 aromatic carbocycles. The molecule has 2 heterocycles. The van der Waals surface area contributed by atoms with E-state index in [-0.39, 0.29) is 5.28 Å². The maximum atomic E-state index is 6.20. The Kier molecular flexibility index (Phi) is 3.44. The number of rotatable bonds is 2. The molecule has 0 N–H and O–H groups in total. The Labute approximate surface area is 116 Å². The molecule has 0 aliphatic heterocycles. The first-order valence-corrected chi connectivity index (χ1v) is 7.16. The minimum Gasteiger partial charge on any atom is -0.331 e. The zero-order valence-corrected chi connectivity index (χ0v) is 11.6. The molecule has 3 nitrogen and oxygen atoms in total. The first-order chi connectivity index (χ1) is 8.74. The Morgan fingerprint density at radius 3 is 2.78 bits per heavy atom. The van der Waals surface area contributed by atoms with Crippen LogP contribution in [-0.4, -0.2) is 14.5 Å². The molecule has 0 saturated heterocycles. The molecule has 96 valence electrons. The van der Waals surface area contributed by atoms with Crippen LogP contribution in [0.5, 0.6) is 0 Å². The number of hydrogen-bond donors (Lipinski definition) is 0. The predicted octanol–water partition coefficient (Wildman–Crippen LogP) is 4.32. The minimum absolute atomic E-state index is 0.280. The van der Waals surface area contributed by atoms with Crippen molar-refractivity contribution in [1.82, 2.24) is 14.5 Å². The van der Waals surface area contributed by atoms with E-state index in [1.165, 1.54) is 32.1 Å². The maximum absolute atomic E-state index is 6.20. The molecule has 1 saturated carbocycles. The molecule has 5 heteroatoms. The summed E-state index contributed by atoms with van der Waals surface area (Å²) in [5.41, 5.74) is 0.852. The Bertz CT molecular complexity index is 559.